The first-order valence-electron chi connectivity index (χ1n) is 8.41. The molecule has 11 heteroatoms. The Hall–Kier alpha value is -3.11. The molecule has 1 aliphatic rings. The highest BCUT2D eigenvalue weighted by Crippen LogP contribution is 2.27. The maximum absolute atomic E-state index is 14.8. The lowest BCUT2D eigenvalue weighted by Crippen LogP contribution is -2.37. The minimum atomic E-state index is -1.06. The summed E-state index contributed by atoms with van der Waals surface area (Å²) in [6, 6.07) is -1.11. The molecule has 0 atom stereocenters. The van der Waals surface area contributed by atoms with Gasteiger partial charge in [-0.25, -0.2) is 4.79 Å². The standard InChI is InChI=1S/C16H21FN6O4/c1-16(2,3)6-22-12-9(17)10(20-15(18)27)21-23(12)14(26)8(13(22)25)11(24)19-7-4-5-7/h7,26H,4-6H2,1-3H3,(H,19,24)(H3,18,20,21,27). The summed E-state index contributed by atoms with van der Waals surface area (Å²) in [4.78, 5) is 36.5. The molecule has 1 aliphatic carbocycles. The third-order valence-corrected chi connectivity index (χ3v) is 3.96. The van der Waals surface area contributed by atoms with Gasteiger partial charge < -0.3 is 16.2 Å². The highest BCUT2D eigenvalue weighted by molar-refractivity contribution is 5.96. The van der Waals surface area contributed by atoms with E-state index < -0.39 is 46.0 Å². The fourth-order valence-corrected chi connectivity index (χ4v) is 2.70. The van der Waals surface area contributed by atoms with Crippen molar-refractivity contribution in [3.05, 3.63) is 21.7 Å². The van der Waals surface area contributed by atoms with E-state index in [-0.39, 0.29) is 18.2 Å². The van der Waals surface area contributed by atoms with Gasteiger partial charge in [0.2, 0.25) is 11.7 Å². The maximum atomic E-state index is 14.8. The first-order valence-corrected chi connectivity index (χ1v) is 8.41. The minimum Gasteiger partial charge on any atom is -0.492 e. The van der Waals surface area contributed by atoms with Crippen molar-refractivity contribution >= 4 is 23.4 Å². The number of rotatable bonds is 4. The summed E-state index contributed by atoms with van der Waals surface area (Å²) in [6.45, 7) is 5.51. The molecule has 27 heavy (non-hydrogen) atoms. The van der Waals surface area contributed by atoms with Crippen LogP contribution >= 0.6 is 0 Å². The largest absolute Gasteiger partial charge is 0.492 e. The zero-order chi connectivity index (χ0) is 20.1. The number of primary amides is 1. The van der Waals surface area contributed by atoms with E-state index in [0.717, 1.165) is 21.9 Å². The molecule has 0 saturated heterocycles. The summed E-state index contributed by atoms with van der Waals surface area (Å²) in [5, 5.41) is 18.8. The number of halogens is 1. The van der Waals surface area contributed by atoms with Crippen molar-refractivity contribution in [2.24, 2.45) is 11.1 Å². The van der Waals surface area contributed by atoms with Gasteiger partial charge in [-0.15, -0.1) is 5.10 Å². The molecule has 10 nitrogen and oxygen atoms in total. The second kappa shape index (κ2) is 6.25. The molecule has 146 valence electrons. The minimum absolute atomic E-state index is 0.0396. The highest BCUT2D eigenvalue weighted by Gasteiger charge is 2.32. The quantitative estimate of drug-likeness (QED) is 0.619. The molecule has 0 aliphatic heterocycles. The van der Waals surface area contributed by atoms with Crippen LogP contribution in [0.3, 0.4) is 0 Å². The number of nitrogens with two attached hydrogens (primary N) is 1. The van der Waals surface area contributed by atoms with E-state index in [9.17, 15) is 23.9 Å². The van der Waals surface area contributed by atoms with Crippen LogP contribution in [0, 0.1) is 11.2 Å². The lowest BCUT2D eigenvalue weighted by molar-refractivity contribution is 0.0944. The van der Waals surface area contributed by atoms with E-state index in [4.69, 9.17) is 5.73 Å². The number of carbonyl (C=O) groups excluding carboxylic acids is 2. The summed E-state index contributed by atoms with van der Waals surface area (Å²) >= 11 is 0. The molecule has 2 aromatic rings. The van der Waals surface area contributed by atoms with Gasteiger partial charge in [-0.3, -0.25) is 19.5 Å². The Kier molecular flexibility index (Phi) is 4.32. The molecule has 2 aromatic heterocycles. The average molecular weight is 380 g/mol. The van der Waals surface area contributed by atoms with Crippen LogP contribution in [0.5, 0.6) is 5.88 Å². The van der Waals surface area contributed by atoms with Crippen molar-refractivity contribution in [3.63, 3.8) is 0 Å². The molecule has 0 spiro atoms. The number of aromatic nitrogens is 3. The average Bonchev–Trinajstić information content (AvgIpc) is 3.27. The number of nitrogens with one attached hydrogen (secondary N) is 2. The van der Waals surface area contributed by atoms with Crippen LogP contribution in [0.15, 0.2) is 4.79 Å². The number of carbonyl (C=O) groups is 2. The Morgan fingerprint density at radius 2 is 2.00 bits per heavy atom. The highest BCUT2D eigenvalue weighted by atomic mass is 19.1. The van der Waals surface area contributed by atoms with Crippen molar-refractivity contribution in [1.82, 2.24) is 19.5 Å². The molecule has 2 heterocycles. The Morgan fingerprint density at radius 1 is 1.37 bits per heavy atom. The topological polar surface area (TPSA) is 144 Å². The van der Waals surface area contributed by atoms with Gasteiger partial charge in [0.25, 0.3) is 11.5 Å². The van der Waals surface area contributed by atoms with Gasteiger partial charge in [-0.05, 0) is 18.3 Å². The normalized spacial score (nSPS) is 14.4. The third-order valence-electron chi connectivity index (χ3n) is 3.96. The van der Waals surface area contributed by atoms with Crippen LogP contribution in [-0.4, -0.2) is 37.3 Å². The molecular formula is C16H21FN6O4. The predicted molar refractivity (Wildman–Crippen MR) is 94.2 cm³/mol. The van der Waals surface area contributed by atoms with E-state index in [1.807, 2.05) is 26.1 Å². The summed E-state index contributed by atoms with van der Waals surface area (Å²) in [5.41, 5.74) is 2.78. The van der Waals surface area contributed by atoms with Crippen molar-refractivity contribution in [3.8, 4) is 5.88 Å². The van der Waals surface area contributed by atoms with Gasteiger partial charge in [0.1, 0.15) is 0 Å². The van der Waals surface area contributed by atoms with Crippen LogP contribution in [0.2, 0.25) is 0 Å². The number of urea groups is 1. The summed E-state index contributed by atoms with van der Waals surface area (Å²) < 4.78 is 16.6. The number of hydrogen-bond donors (Lipinski definition) is 4. The van der Waals surface area contributed by atoms with Crippen molar-refractivity contribution < 1.29 is 19.1 Å². The van der Waals surface area contributed by atoms with Crippen molar-refractivity contribution in [2.75, 3.05) is 5.32 Å². The van der Waals surface area contributed by atoms with Gasteiger partial charge in [-0.1, -0.05) is 20.8 Å². The number of anilines is 1. The SMILES string of the molecule is CC(C)(C)Cn1c(=O)c(C(=O)NC2CC2)c(O)n2nc(NC(N)=O)c(F)c12. The molecule has 3 amide bonds. The molecule has 3 rings (SSSR count). The molecule has 0 unspecified atom stereocenters. The van der Waals surface area contributed by atoms with Crippen LogP contribution in [0.25, 0.3) is 5.65 Å². The van der Waals surface area contributed by atoms with E-state index >= 15 is 0 Å². The smallest absolute Gasteiger partial charge is 0.317 e. The zero-order valence-corrected chi connectivity index (χ0v) is 15.2. The number of aromatic hydroxyl groups is 1. The second-order valence-electron chi connectivity index (χ2n) is 7.79. The lowest BCUT2D eigenvalue weighted by Gasteiger charge is -2.21. The van der Waals surface area contributed by atoms with Gasteiger partial charge in [0, 0.05) is 12.6 Å². The van der Waals surface area contributed by atoms with Crippen LogP contribution in [0.1, 0.15) is 44.0 Å². The van der Waals surface area contributed by atoms with E-state index in [1.165, 1.54) is 0 Å². The Morgan fingerprint density at radius 3 is 2.52 bits per heavy atom. The fraction of sp³-hybridized carbons (Fsp3) is 0.500. The summed E-state index contributed by atoms with van der Waals surface area (Å²) in [7, 11) is 0. The zero-order valence-electron chi connectivity index (χ0n) is 15.2. The van der Waals surface area contributed by atoms with E-state index in [0.29, 0.717) is 0 Å². The van der Waals surface area contributed by atoms with Gasteiger partial charge >= 0.3 is 6.03 Å². The Bertz CT molecular complexity index is 999. The number of nitrogens with zero attached hydrogens (tertiary/aromatic N) is 3. The summed E-state index contributed by atoms with van der Waals surface area (Å²) in [6.07, 6.45) is 1.57. The fourth-order valence-electron chi connectivity index (χ4n) is 2.70. The number of fused-ring (bicyclic) bond motifs is 1. The van der Waals surface area contributed by atoms with Crippen LogP contribution in [0.4, 0.5) is 15.0 Å². The van der Waals surface area contributed by atoms with Gasteiger partial charge in [0.05, 0.1) is 0 Å². The molecule has 0 bridgehead atoms. The first kappa shape index (κ1) is 18.7. The van der Waals surface area contributed by atoms with Crippen LogP contribution in [-0.2, 0) is 6.54 Å². The molecule has 5 N–H and O–H groups in total. The van der Waals surface area contributed by atoms with Crippen molar-refractivity contribution in [2.45, 2.75) is 46.2 Å². The van der Waals surface area contributed by atoms with E-state index in [1.54, 1.807) is 0 Å². The molecule has 1 fully saturated rings. The van der Waals surface area contributed by atoms with Crippen molar-refractivity contribution in [1.29, 1.82) is 0 Å². The summed E-state index contributed by atoms with van der Waals surface area (Å²) in [5.74, 6) is -3.17. The molecule has 1 saturated carbocycles. The monoisotopic (exact) mass is 380 g/mol. The molecule has 0 radical (unpaired) electrons. The lowest BCUT2D eigenvalue weighted by atomic mass is 9.97. The predicted octanol–water partition coefficient (Wildman–Crippen LogP) is 0.770. The molecule has 0 aromatic carbocycles. The number of amides is 3. The second-order valence-corrected chi connectivity index (χ2v) is 7.79. The Balaban J connectivity index is 2.29. The van der Waals surface area contributed by atoms with Gasteiger partial charge in [-0.2, -0.15) is 8.91 Å². The molecular weight excluding hydrogens is 359 g/mol. The number of hydrogen-bond acceptors (Lipinski definition) is 5. The maximum Gasteiger partial charge on any atom is 0.317 e. The van der Waals surface area contributed by atoms with Crippen LogP contribution < -0.4 is 21.9 Å². The van der Waals surface area contributed by atoms with Gasteiger partial charge in [0.15, 0.2) is 17.0 Å². The third kappa shape index (κ3) is 3.57. The first-order chi connectivity index (χ1) is 12.5. The Labute approximate surface area is 153 Å². The van der Waals surface area contributed by atoms with E-state index in [2.05, 4.69) is 10.4 Å².